The van der Waals surface area contributed by atoms with Crippen LogP contribution in [0.15, 0.2) is 12.1 Å². The van der Waals surface area contributed by atoms with Crippen molar-refractivity contribution < 1.29 is 31.8 Å². The number of ether oxygens (including phenoxy) is 2. The van der Waals surface area contributed by atoms with Gasteiger partial charge in [0, 0.05) is 12.1 Å². The fourth-order valence-corrected chi connectivity index (χ4v) is 1.75. The van der Waals surface area contributed by atoms with Crippen molar-refractivity contribution >= 4 is 6.09 Å². The van der Waals surface area contributed by atoms with Crippen LogP contribution in [0.3, 0.4) is 0 Å². The first-order chi connectivity index (χ1) is 8.85. The smallest absolute Gasteiger partial charge is 0.408 e. The number of alkyl carbamates (subject to hydrolysis) is 1. The zero-order chi connectivity index (χ0) is 14.2. The molecule has 104 valence electrons. The third-order valence-corrected chi connectivity index (χ3v) is 2.66. The predicted octanol–water partition coefficient (Wildman–Crippen LogP) is 2.39. The van der Waals surface area contributed by atoms with Gasteiger partial charge in [0.2, 0.25) is 0 Å². The van der Waals surface area contributed by atoms with Gasteiger partial charge in [-0.1, -0.05) is 0 Å². The van der Waals surface area contributed by atoms with E-state index in [1.807, 2.05) is 0 Å². The number of benzene rings is 1. The average molecular weight is 279 g/mol. The molecule has 2 rings (SSSR count). The van der Waals surface area contributed by atoms with Crippen LogP contribution >= 0.6 is 0 Å². The number of methoxy groups -OCH3 is 1. The molecule has 0 bridgehead atoms. The Morgan fingerprint density at radius 1 is 1.37 bits per heavy atom. The Kier molecular flexibility index (Phi) is 3.25. The Labute approximate surface area is 105 Å². The van der Waals surface area contributed by atoms with Crippen LogP contribution in [0.25, 0.3) is 0 Å². The number of halogens is 4. The lowest BCUT2D eigenvalue weighted by Gasteiger charge is -2.32. The maximum atomic E-state index is 13.7. The van der Waals surface area contributed by atoms with E-state index in [0.717, 1.165) is 12.1 Å². The number of hydrogen-bond donors (Lipinski definition) is 1. The summed E-state index contributed by atoms with van der Waals surface area (Å²) in [4.78, 5) is 10.9. The highest BCUT2D eigenvalue weighted by Crippen LogP contribution is 2.37. The topological polar surface area (TPSA) is 47.6 Å². The molecule has 0 aromatic heterocycles. The summed E-state index contributed by atoms with van der Waals surface area (Å²) in [5.41, 5.74) is -0.928. The third-order valence-electron chi connectivity index (χ3n) is 2.66. The molecule has 19 heavy (non-hydrogen) atoms. The molecule has 0 radical (unpaired) electrons. The number of alkyl halides is 2. The van der Waals surface area contributed by atoms with E-state index < -0.39 is 41.9 Å². The van der Waals surface area contributed by atoms with Gasteiger partial charge in [-0.25, -0.2) is 22.4 Å². The van der Waals surface area contributed by atoms with Crippen LogP contribution in [0.4, 0.5) is 22.4 Å². The minimum absolute atomic E-state index is 0.152. The highest BCUT2D eigenvalue weighted by molar-refractivity contribution is 5.69. The van der Waals surface area contributed by atoms with Gasteiger partial charge < -0.3 is 14.8 Å². The molecule has 4 nitrogen and oxygen atoms in total. The number of nitrogens with one attached hydrogen (secondary N) is 1. The van der Waals surface area contributed by atoms with Crippen LogP contribution in [-0.4, -0.2) is 25.7 Å². The molecule has 1 amide bonds. The van der Waals surface area contributed by atoms with E-state index in [1.54, 1.807) is 5.32 Å². The molecule has 1 N–H and O–H groups in total. The number of hydrogen-bond acceptors (Lipinski definition) is 3. The maximum Gasteiger partial charge on any atom is 0.408 e. The van der Waals surface area contributed by atoms with Crippen molar-refractivity contribution in [3.05, 3.63) is 29.3 Å². The van der Waals surface area contributed by atoms with Crippen molar-refractivity contribution in [2.45, 2.75) is 12.0 Å². The highest BCUT2D eigenvalue weighted by Gasteiger charge is 2.49. The molecule has 1 aromatic carbocycles. The predicted molar refractivity (Wildman–Crippen MR) is 55.1 cm³/mol. The molecule has 1 aromatic rings. The monoisotopic (exact) mass is 279 g/mol. The first-order valence-electron chi connectivity index (χ1n) is 5.19. The van der Waals surface area contributed by atoms with E-state index in [-0.39, 0.29) is 5.75 Å². The van der Waals surface area contributed by atoms with E-state index in [4.69, 9.17) is 0 Å². The number of amides is 1. The number of rotatable bonds is 2. The standard InChI is InChI=1S/C11H9F4NO3/c1-18-5-2-6(12)8(7(13)3-5)9-11(14,15)4-19-10(17)16-9/h2-3,9H,4H2,1H3,(H,16,17)/t9-/m0/s1. The van der Waals surface area contributed by atoms with Crippen molar-refractivity contribution in [2.75, 3.05) is 13.7 Å². The molecule has 1 heterocycles. The van der Waals surface area contributed by atoms with Gasteiger partial charge in [0.25, 0.3) is 0 Å². The summed E-state index contributed by atoms with van der Waals surface area (Å²) in [5, 5.41) is 1.71. The molecule has 1 atom stereocenters. The van der Waals surface area contributed by atoms with Gasteiger partial charge in [-0.05, 0) is 0 Å². The average Bonchev–Trinajstić information content (AvgIpc) is 2.33. The maximum absolute atomic E-state index is 13.7. The van der Waals surface area contributed by atoms with Gasteiger partial charge in [0.15, 0.2) is 6.61 Å². The Morgan fingerprint density at radius 3 is 2.47 bits per heavy atom. The molecular weight excluding hydrogens is 270 g/mol. The lowest BCUT2D eigenvalue weighted by molar-refractivity contribution is -0.105. The first-order valence-corrected chi connectivity index (χ1v) is 5.19. The lowest BCUT2D eigenvalue weighted by atomic mass is 9.98. The Morgan fingerprint density at radius 2 is 1.95 bits per heavy atom. The second kappa shape index (κ2) is 4.60. The first kappa shape index (κ1) is 13.4. The fraction of sp³-hybridized carbons (Fsp3) is 0.364. The lowest BCUT2D eigenvalue weighted by Crippen LogP contribution is -2.50. The van der Waals surface area contributed by atoms with Crippen molar-refractivity contribution in [1.29, 1.82) is 0 Å². The Balaban J connectivity index is 2.48. The van der Waals surface area contributed by atoms with Crippen LogP contribution in [-0.2, 0) is 4.74 Å². The van der Waals surface area contributed by atoms with Crippen molar-refractivity contribution in [2.24, 2.45) is 0 Å². The largest absolute Gasteiger partial charge is 0.497 e. The highest BCUT2D eigenvalue weighted by atomic mass is 19.3. The molecule has 8 heteroatoms. The molecule has 0 spiro atoms. The Hall–Kier alpha value is -1.99. The quantitative estimate of drug-likeness (QED) is 0.846. The molecular formula is C11H9F4NO3. The van der Waals surface area contributed by atoms with Gasteiger partial charge in [0.1, 0.15) is 23.4 Å². The van der Waals surface area contributed by atoms with E-state index >= 15 is 0 Å². The van der Waals surface area contributed by atoms with E-state index in [0.29, 0.717) is 0 Å². The minimum Gasteiger partial charge on any atom is -0.497 e. The Bertz CT molecular complexity index is 498. The van der Waals surface area contributed by atoms with Crippen molar-refractivity contribution in [3.63, 3.8) is 0 Å². The number of carbonyl (C=O) groups is 1. The van der Waals surface area contributed by atoms with E-state index in [1.165, 1.54) is 7.11 Å². The molecule has 0 saturated carbocycles. The zero-order valence-corrected chi connectivity index (χ0v) is 9.68. The van der Waals surface area contributed by atoms with Gasteiger partial charge in [-0.3, -0.25) is 0 Å². The van der Waals surface area contributed by atoms with Crippen LogP contribution in [0, 0.1) is 11.6 Å². The van der Waals surface area contributed by atoms with Gasteiger partial charge in [-0.15, -0.1) is 0 Å². The number of carbonyl (C=O) groups excluding carboxylic acids is 1. The van der Waals surface area contributed by atoms with Crippen LogP contribution in [0.2, 0.25) is 0 Å². The molecule has 0 unspecified atom stereocenters. The van der Waals surface area contributed by atoms with Gasteiger partial charge in [0.05, 0.1) is 12.7 Å². The van der Waals surface area contributed by atoms with E-state index in [9.17, 15) is 22.4 Å². The molecule has 1 fully saturated rings. The summed E-state index contributed by atoms with van der Waals surface area (Å²) < 4.78 is 63.3. The summed E-state index contributed by atoms with van der Waals surface area (Å²) in [6, 6.07) is -0.605. The zero-order valence-electron chi connectivity index (χ0n) is 9.68. The number of cyclic esters (lactones) is 1. The van der Waals surface area contributed by atoms with Gasteiger partial charge in [-0.2, -0.15) is 0 Å². The fourth-order valence-electron chi connectivity index (χ4n) is 1.75. The summed E-state index contributed by atoms with van der Waals surface area (Å²) >= 11 is 0. The molecule has 1 aliphatic heterocycles. The normalized spacial score (nSPS) is 21.5. The molecule has 1 aliphatic rings. The van der Waals surface area contributed by atoms with Crippen LogP contribution < -0.4 is 10.1 Å². The van der Waals surface area contributed by atoms with Crippen LogP contribution in [0.5, 0.6) is 5.75 Å². The summed E-state index contributed by atoms with van der Waals surface area (Å²) in [7, 11) is 1.18. The summed E-state index contributed by atoms with van der Waals surface area (Å²) in [6.45, 7) is -1.24. The summed E-state index contributed by atoms with van der Waals surface area (Å²) in [5.74, 6) is -6.24. The van der Waals surface area contributed by atoms with E-state index in [2.05, 4.69) is 9.47 Å². The minimum atomic E-state index is -3.62. The molecule has 1 saturated heterocycles. The SMILES string of the molecule is COc1cc(F)c([C@@H]2NC(=O)OCC2(F)F)c(F)c1. The second-order valence-electron chi connectivity index (χ2n) is 3.92. The van der Waals surface area contributed by atoms with Crippen molar-refractivity contribution in [1.82, 2.24) is 5.32 Å². The summed E-state index contributed by atoms with van der Waals surface area (Å²) in [6.07, 6.45) is -1.16. The van der Waals surface area contributed by atoms with Crippen LogP contribution in [0.1, 0.15) is 11.6 Å². The van der Waals surface area contributed by atoms with Crippen molar-refractivity contribution in [3.8, 4) is 5.75 Å². The molecule has 0 aliphatic carbocycles. The van der Waals surface area contributed by atoms with Gasteiger partial charge >= 0.3 is 12.0 Å². The second-order valence-corrected chi connectivity index (χ2v) is 3.92. The third kappa shape index (κ3) is 2.42.